The maximum absolute atomic E-state index is 13.0. The minimum absolute atomic E-state index is 0.0484. The fraction of sp³-hybridized carbons (Fsp3) is 0.455. The third-order valence-electron chi connectivity index (χ3n) is 5.84. The second-order valence-electron chi connectivity index (χ2n) is 8.33. The lowest BCUT2D eigenvalue weighted by Gasteiger charge is -2.31. The summed E-state index contributed by atoms with van der Waals surface area (Å²) >= 11 is 0. The summed E-state index contributed by atoms with van der Waals surface area (Å²) in [5.74, 6) is 0. The van der Waals surface area contributed by atoms with E-state index in [9.17, 15) is 18.5 Å². The lowest BCUT2D eigenvalue weighted by molar-refractivity contribution is -0.384. The quantitative estimate of drug-likeness (QED) is 0.451. The Morgan fingerprint density at radius 1 is 1.09 bits per heavy atom. The van der Waals surface area contributed by atoms with Crippen LogP contribution in [-0.4, -0.2) is 87.4 Å². The second-order valence-corrected chi connectivity index (χ2v) is 10.3. The Morgan fingerprint density at radius 3 is 2.34 bits per heavy atom. The van der Waals surface area contributed by atoms with Gasteiger partial charge in [0.2, 0.25) is 10.0 Å². The fourth-order valence-electron chi connectivity index (χ4n) is 3.70. The van der Waals surface area contributed by atoms with Crippen molar-refractivity contribution in [1.82, 2.24) is 14.1 Å². The molecule has 1 unspecified atom stereocenters. The van der Waals surface area contributed by atoms with Crippen LogP contribution >= 0.6 is 0 Å². The van der Waals surface area contributed by atoms with Gasteiger partial charge in [0.25, 0.3) is 5.69 Å². The SMILES string of the molecule is CN1CCN(S(=O)(=O)c2ccc(NCC(Cc3ccccc3)N(C)C)c([N+](=O)[O-])c2)CC1. The standard InChI is InChI=1S/C22H31N5O4S/c1-24(2)19(15-18-7-5-4-6-8-18)17-23-21-10-9-20(16-22(21)27(28)29)32(30,31)26-13-11-25(3)12-14-26/h4-10,16,19,23H,11-15,17H2,1-3H3. The summed E-state index contributed by atoms with van der Waals surface area (Å²) in [7, 11) is 2.10. The van der Waals surface area contributed by atoms with Gasteiger partial charge in [-0.3, -0.25) is 10.1 Å². The largest absolute Gasteiger partial charge is 0.378 e. The van der Waals surface area contributed by atoms with Crippen molar-refractivity contribution < 1.29 is 13.3 Å². The number of nitrogens with one attached hydrogen (secondary N) is 1. The molecule has 0 aliphatic carbocycles. The molecule has 0 amide bonds. The van der Waals surface area contributed by atoms with Crippen molar-refractivity contribution >= 4 is 21.4 Å². The highest BCUT2D eigenvalue weighted by atomic mass is 32.2. The first-order chi connectivity index (χ1) is 15.2. The molecule has 32 heavy (non-hydrogen) atoms. The molecular weight excluding hydrogens is 430 g/mol. The average molecular weight is 462 g/mol. The first-order valence-corrected chi connectivity index (χ1v) is 12.0. The summed E-state index contributed by atoms with van der Waals surface area (Å²) in [6, 6.07) is 14.3. The number of benzene rings is 2. The van der Waals surface area contributed by atoms with E-state index in [1.54, 1.807) is 0 Å². The van der Waals surface area contributed by atoms with Gasteiger partial charge in [-0.05, 0) is 45.3 Å². The molecule has 3 rings (SSSR count). The Hall–Kier alpha value is -2.53. The van der Waals surface area contributed by atoms with E-state index in [-0.39, 0.29) is 16.6 Å². The Balaban J connectivity index is 1.77. The molecule has 0 spiro atoms. The lowest BCUT2D eigenvalue weighted by Crippen LogP contribution is -2.47. The smallest absolute Gasteiger partial charge is 0.293 e. The van der Waals surface area contributed by atoms with Gasteiger partial charge in [-0.1, -0.05) is 30.3 Å². The number of hydrogen-bond donors (Lipinski definition) is 1. The number of hydrogen-bond acceptors (Lipinski definition) is 7. The normalized spacial score (nSPS) is 16.8. The molecule has 1 N–H and O–H groups in total. The molecule has 2 aromatic carbocycles. The molecule has 1 aliphatic heterocycles. The number of nitro benzene ring substituents is 1. The van der Waals surface area contributed by atoms with Crippen LogP contribution in [0.3, 0.4) is 0 Å². The summed E-state index contributed by atoms with van der Waals surface area (Å²) in [6.07, 6.45) is 0.782. The van der Waals surface area contributed by atoms with Crippen LogP contribution in [0.1, 0.15) is 5.56 Å². The fourth-order valence-corrected chi connectivity index (χ4v) is 5.14. The molecule has 1 aliphatic rings. The van der Waals surface area contributed by atoms with Gasteiger partial charge >= 0.3 is 0 Å². The van der Waals surface area contributed by atoms with E-state index in [0.717, 1.165) is 12.5 Å². The second kappa shape index (κ2) is 10.4. The number of nitrogens with zero attached hydrogens (tertiary/aromatic N) is 4. The first-order valence-electron chi connectivity index (χ1n) is 10.6. The van der Waals surface area contributed by atoms with Gasteiger partial charge in [-0.25, -0.2) is 8.42 Å². The average Bonchev–Trinajstić information content (AvgIpc) is 2.77. The molecule has 0 aromatic heterocycles. The molecule has 9 nitrogen and oxygen atoms in total. The predicted molar refractivity (Wildman–Crippen MR) is 125 cm³/mol. The third kappa shape index (κ3) is 5.83. The molecule has 174 valence electrons. The van der Waals surface area contributed by atoms with E-state index >= 15 is 0 Å². The lowest BCUT2D eigenvalue weighted by atomic mass is 10.1. The molecule has 0 saturated carbocycles. The van der Waals surface area contributed by atoms with Crippen molar-refractivity contribution in [3.05, 3.63) is 64.2 Å². The molecule has 1 atom stereocenters. The number of anilines is 1. The maximum atomic E-state index is 13.0. The molecule has 1 saturated heterocycles. The number of piperazine rings is 1. The van der Waals surface area contributed by atoms with Crippen LogP contribution in [-0.2, 0) is 16.4 Å². The van der Waals surface area contributed by atoms with Crippen molar-refractivity contribution in [2.24, 2.45) is 0 Å². The van der Waals surface area contributed by atoms with Gasteiger partial charge in [0.1, 0.15) is 5.69 Å². The summed E-state index contributed by atoms with van der Waals surface area (Å²) in [5, 5.41) is 14.9. The van der Waals surface area contributed by atoms with Gasteiger partial charge < -0.3 is 15.1 Å². The van der Waals surface area contributed by atoms with Crippen molar-refractivity contribution in [2.45, 2.75) is 17.4 Å². The third-order valence-corrected chi connectivity index (χ3v) is 7.73. The van der Waals surface area contributed by atoms with Crippen LogP contribution in [0, 0.1) is 10.1 Å². The Kier molecular flexibility index (Phi) is 7.83. The van der Waals surface area contributed by atoms with E-state index in [1.807, 2.05) is 39.3 Å². The Morgan fingerprint density at radius 2 is 1.75 bits per heavy atom. The first kappa shape index (κ1) is 24.1. The predicted octanol–water partition coefficient (Wildman–Crippen LogP) is 2.12. The Bertz CT molecular complexity index is 1020. The molecule has 10 heteroatoms. The van der Waals surface area contributed by atoms with Crippen molar-refractivity contribution in [2.75, 3.05) is 59.2 Å². The highest BCUT2D eigenvalue weighted by Crippen LogP contribution is 2.29. The number of rotatable bonds is 9. The molecule has 0 radical (unpaired) electrons. The summed E-state index contributed by atoms with van der Waals surface area (Å²) < 4.78 is 27.4. The molecule has 0 bridgehead atoms. The van der Waals surface area contributed by atoms with Crippen LogP contribution in [0.25, 0.3) is 0 Å². The van der Waals surface area contributed by atoms with Crippen molar-refractivity contribution in [3.63, 3.8) is 0 Å². The van der Waals surface area contributed by atoms with Crippen LogP contribution in [0.4, 0.5) is 11.4 Å². The van der Waals surface area contributed by atoms with Crippen LogP contribution in [0.5, 0.6) is 0 Å². The zero-order valence-corrected chi connectivity index (χ0v) is 19.6. The number of nitro groups is 1. The van der Waals surface area contributed by atoms with Gasteiger partial charge in [0.15, 0.2) is 0 Å². The summed E-state index contributed by atoms with van der Waals surface area (Å²) in [4.78, 5) is 15.3. The molecular formula is C22H31N5O4S. The minimum Gasteiger partial charge on any atom is -0.378 e. The molecule has 1 fully saturated rings. The monoisotopic (exact) mass is 461 g/mol. The van der Waals surface area contributed by atoms with Gasteiger partial charge in [-0.2, -0.15) is 4.31 Å². The van der Waals surface area contributed by atoms with E-state index in [0.29, 0.717) is 38.4 Å². The van der Waals surface area contributed by atoms with E-state index < -0.39 is 14.9 Å². The van der Waals surface area contributed by atoms with Crippen molar-refractivity contribution in [1.29, 1.82) is 0 Å². The molecule has 2 aromatic rings. The van der Waals surface area contributed by atoms with Crippen LogP contribution < -0.4 is 5.32 Å². The summed E-state index contributed by atoms with van der Waals surface area (Å²) in [6.45, 7) is 2.49. The highest BCUT2D eigenvalue weighted by Gasteiger charge is 2.29. The zero-order valence-electron chi connectivity index (χ0n) is 18.8. The highest BCUT2D eigenvalue weighted by molar-refractivity contribution is 7.89. The van der Waals surface area contributed by atoms with Crippen LogP contribution in [0.2, 0.25) is 0 Å². The van der Waals surface area contributed by atoms with E-state index in [2.05, 4.69) is 27.2 Å². The molecule has 1 heterocycles. The minimum atomic E-state index is -3.78. The van der Waals surface area contributed by atoms with E-state index in [4.69, 9.17) is 0 Å². The van der Waals surface area contributed by atoms with Gasteiger partial charge in [0.05, 0.1) is 9.82 Å². The zero-order chi connectivity index (χ0) is 23.3. The van der Waals surface area contributed by atoms with Gasteiger partial charge in [0, 0.05) is 44.8 Å². The van der Waals surface area contributed by atoms with Gasteiger partial charge in [-0.15, -0.1) is 0 Å². The Labute approximate surface area is 189 Å². The van der Waals surface area contributed by atoms with Crippen molar-refractivity contribution in [3.8, 4) is 0 Å². The topological polar surface area (TPSA) is 99.0 Å². The number of sulfonamides is 1. The van der Waals surface area contributed by atoms with Crippen LogP contribution in [0.15, 0.2) is 53.4 Å². The maximum Gasteiger partial charge on any atom is 0.293 e. The van der Waals surface area contributed by atoms with E-state index in [1.165, 1.54) is 22.0 Å². The number of likely N-dealkylation sites (N-methyl/N-ethyl adjacent to an activating group) is 2. The summed E-state index contributed by atoms with van der Waals surface area (Å²) in [5.41, 5.74) is 1.25.